The Bertz CT molecular complexity index is 712. The first kappa shape index (κ1) is 20.7. The van der Waals surface area contributed by atoms with Gasteiger partial charge in [0.15, 0.2) is 6.61 Å². The molecule has 1 aromatic rings. The molecule has 0 bridgehead atoms. The van der Waals surface area contributed by atoms with Crippen LogP contribution in [0.25, 0.3) is 0 Å². The Morgan fingerprint density at radius 1 is 1.25 bits per heavy atom. The SMILES string of the molecule is CCCCCCNC(=O)COC(=O)[C@H]1CS[C@@]2(c3ccccc3)CCC(=O)N12. The number of carbonyl (C=O) groups is 3. The first-order valence-electron chi connectivity index (χ1n) is 10.0. The highest BCUT2D eigenvalue weighted by molar-refractivity contribution is 8.00. The van der Waals surface area contributed by atoms with E-state index in [-0.39, 0.29) is 18.4 Å². The summed E-state index contributed by atoms with van der Waals surface area (Å²) >= 11 is 1.61. The first-order valence-corrected chi connectivity index (χ1v) is 11.0. The zero-order valence-electron chi connectivity index (χ0n) is 16.3. The first-order chi connectivity index (χ1) is 13.6. The second kappa shape index (κ2) is 9.45. The van der Waals surface area contributed by atoms with Crippen molar-refractivity contribution in [3.63, 3.8) is 0 Å². The van der Waals surface area contributed by atoms with Gasteiger partial charge in [-0.25, -0.2) is 4.79 Å². The third-order valence-corrected chi connectivity index (χ3v) is 6.92. The maximum atomic E-state index is 12.6. The van der Waals surface area contributed by atoms with Crippen molar-refractivity contribution in [1.29, 1.82) is 0 Å². The Morgan fingerprint density at radius 2 is 2.04 bits per heavy atom. The second-order valence-electron chi connectivity index (χ2n) is 7.26. The lowest BCUT2D eigenvalue weighted by Gasteiger charge is -2.33. The van der Waals surface area contributed by atoms with E-state index in [0.717, 1.165) is 31.2 Å². The number of amides is 2. The molecular weight excluding hydrogens is 376 g/mol. The average Bonchev–Trinajstić information content (AvgIpc) is 3.26. The van der Waals surface area contributed by atoms with Gasteiger partial charge in [-0.1, -0.05) is 56.5 Å². The largest absolute Gasteiger partial charge is 0.454 e. The van der Waals surface area contributed by atoms with Gasteiger partial charge >= 0.3 is 5.97 Å². The number of unbranched alkanes of at least 4 members (excludes halogenated alkanes) is 3. The third-order valence-electron chi connectivity index (χ3n) is 5.32. The van der Waals surface area contributed by atoms with Gasteiger partial charge in [-0.2, -0.15) is 0 Å². The summed E-state index contributed by atoms with van der Waals surface area (Å²) in [6, 6.07) is 9.19. The fraction of sp³-hybridized carbons (Fsp3) is 0.571. The zero-order valence-corrected chi connectivity index (χ0v) is 17.1. The molecule has 2 aliphatic heterocycles. The predicted molar refractivity (Wildman–Crippen MR) is 109 cm³/mol. The molecule has 152 valence electrons. The van der Waals surface area contributed by atoms with Gasteiger partial charge in [0.2, 0.25) is 5.91 Å². The molecule has 2 amide bonds. The Hall–Kier alpha value is -2.02. The molecule has 0 saturated carbocycles. The van der Waals surface area contributed by atoms with Crippen LogP contribution in [0.1, 0.15) is 51.0 Å². The molecule has 2 fully saturated rings. The van der Waals surface area contributed by atoms with E-state index in [1.807, 2.05) is 30.3 Å². The topological polar surface area (TPSA) is 75.7 Å². The molecule has 1 aromatic carbocycles. The Kier molecular flexibility index (Phi) is 6.99. The summed E-state index contributed by atoms with van der Waals surface area (Å²) in [5, 5.41) is 2.77. The van der Waals surface area contributed by atoms with Crippen LogP contribution < -0.4 is 5.32 Å². The van der Waals surface area contributed by atoms with E-state index < -0.39 is 16.9 Å². The molecule has 0 spiro atoms. The number of carbonyl (C=O) groups excluding carboxylic acids is 3. The van der Waals surface area contributed by atoms with Crippen molar-refractivity contribution in [2.24, 2.45) is 0 Å². The summed E-state index contributed by atoms with van der Waals surface area (Å²) in [5.74, 6) is -0.339. The molecule has 0 aromatic heterocycles. The molecular formula is C21H28N2O4S. The third kappa shape index (κ3) is 4.35. The van der Waals surface area contributed by atoms with Crippen molar-refractivity contribution >= 4 is 29.5 Å². The monoisotopic (exact) mass is 404 g/mol. The quantitative estimate of drug-likeness (QED) is 0.506. The normalized spacial score (nSPS) is 23.5. The van der Waals surface area contributed by atoms with E-state index in [2.05, 4.69) is 12.2 Å². The minimum absolute atomic E-state index is 0.0313. The summed E-state index contributed by atoms with van der Waals surface area (Å²) in [6.07, 6.45) is 5.40. The second-order valence-corrected chi connectivity index (χ2v) is 8.56. The minimum Gasteiger partial charge on any atom is -0.454 e. The van der Waals surface area contributed by atoms with Crippen LogP contribution in [-0.2, 0) is 24.0 Å². The van der Waals surface area contributed by atoms with E-state index in [1.54, 1.807) is 16.7 Å². The van der Waals surface area contributed by atoms with E-state index in [9.17, 15) is 14.4 Å². The van der Waals surface area contributed by atoms with E-state index in [0.29, 0.717) is 25.1 Å². The van der Waals surface area contributed by atoms with Crippen LogP contribution in [0, 0.1) is 0 Å². The van der Waals surface area contributed by atoms with Crippen molar-refractivity contribution in [2.45, 2.75) is 56.4 Å². The molecule has 2 heterocycles. The molecule has 0 radical (unpaired) electrons. The standard InChI is InChI=1S/C21H28N2O4S/c1-2-3-4-8-13-22-18(24)14-27-20(26)17-15-28-21(12-11-19(25)23(17)21)16-9-6-5-7-10-16/h5-7,9-10,17H,2-4,8,11-15H2,1H3,(H,22,24)/t17-,21-/m1/s1. The molecule has 1 N–H and O–H groups in total. The highest BCUT2D eigenvalue weighted by atomic mass is 32.2. The summed E-state index contributed by atoms with van der Waals surface area (Å²) in [4.78, 5) is 38.2. The van der Waals surface area contributed by atoms with Crippen molar-refractivity contribution in [3.05, 3.63) is 35.9 Å². The van der Waals surface area contributed by atoms with Crippen LogP contribution in [0.5, 0.6) is 0 Å². The number of ether oxygens (including phenoxy) is 1. The molecule has 2 aliphatic rings. The number of rotatable bonds is 9. The van der Waals surface area contributed by atoms with Gasteiger partial charge < -0.3 is 15.0 Å². The maximum Gasteiger partial charge on any atom is 0.330 e. The Morgan fingerprint density at radius 3 is 2.79 bits per heavy atom. The molecule has 28 heavy (non-hydrogen) atoms. The van der Waals surface area contributed by atoms with Crippen LogP contribution in [0.15, 0.2) is 30.3 Å². The van der Waals surface area contributed by atoms with Gasteiger partial charge in [-0.05, 0) is 18.4 Å². The van der Waals surface area contributed by atoms with Gasteiger partial charge in [0.25, 0.3) is 5.91 Å². The molecule has 7 heteroatoms. The lowest BCUT2D eigenvalue weighted by atomic mass is 10.0. The number of thioether (sulfide) groups is 1. The number of hydrogen-bond donors (Lipinski definition) is 1. The predicted octanol–water partition coefficient (Wildman–Crippen LogP) is 2.82. The minimum atomic E-state index is -0.641. The fourth-order valence-corrected chi connectivity index (χ4v) is 5.52. The van der Waals surface area contributed by atoms with Crippen molar-refractivity contribution < 1.29 is 19.1 Å². The number of nitrogens with zero attached hydrogens (tertiary/aromatic N) is 1. The molecule has 3 rings (SSSR count). The van der Waals surface area contributed by atoms with Gasteiger partial charge in [0.1, 0.15) is 10.9 Å². The lowest BCUT2D eigenvalue weighted by Crippen LogP contribution is -2.47. The summed E-state index contributed by atoms with van der Waals surface area (Å²) in [7, 11) is 0. The van der Waals surface area contributed by atoms with Gasteiger partial charge in [-0.15, -0.1) is 11.8 Å². The molecule has 0 aliphatic carbocycles. The number of fused-ring (bicyclic) bond motifs is 1. The van der Waals surface area contributed by atoms with Crippen molar-refractivity contribution in [1.82, 2.24) is 10.2 Å². The molecule has 2 saturated heterocycles. The number of benzene rings is 1. The number of nitrogens with one attached hydrogen (secondary N) is 1. The Labute approximate surface area is 170 Å². The van der Waals surface area contributed by atoms with Crippen LogP contribution in [0.2, 0.25) is 0 Å². The van der Waals surface area contributed by atoms with Crippen LogP contribution >= 0.6 is 11.8 Å². The van der Waals surface area contributed by atoms with Crippen LogP contribution in [0.3, 0.4) is 0 Å². The Balaban J connectivity index is 1.55. The van der Waals surface area contributed by atoms with Crippen LogP contribution in [-0.4, -0.2) is 47.6 Å². The van der Waals surface area contributed by atoms with E-state index >= 15 is 0 Å². The smallest absolute Gasteiger partial charge is 0.330 e. The lowest BCUT2D eigenvalue weighted by molar-refractivity contribution is -0.156. The molecule has 6 nitrogen and oxygen atoms in total. The molecule has 0 unspecified atom stereocenters. The van der Waals surface area contributed by atoms with Crippen molar-refractivity contribution in [3.8, 4) is 0 Å². The van der Waals surface area contributed by atoms with Crippen molar-refractivity contribution in [2.75, 3.05) is 18.9 Å². The van der Waals surface area contributed by atoms with E-state index in [1.165, 1.54) is 0 Å². The highest BCUT2D eigenvalue weighted by Crippen LogP contribution is 2.54. The summed E-state index contributed by atoms with van der Waals surface area (Å²) in [5.41, 5.74) is 1.03. The van der Waals surface area contributed by atoms with Crippen LogP contribution in [0.4, 0.5) is 0 Å². The molecule has 2 atom stereocenters. The zero-order chi connectivity index (χ0) is 20.0. The van der Waals surface area contributed by atoms with Gasteiger partial charge in [-0.3, -0.25) is 9.59 Å². The summed E-state index contributed by atoms with van der Waals surface area (Å²) in [6.45, 7) is 2.43. The summed E-state index contributed by atoms with van der Waals surface area (Å²) < 4.78 is 5.25. The van der Waals surface area contributed by atoms with Gasteiger partial charge in [0.05, 0.1) is 0 Å². The number of esters is 1. The fourth-order valence-electron chi connectivity index (χ4n) is 3.88. The van der Waals surface area contributed by atoms with E-state index in [4.69, 9.17) is 4.74 Å². The number of hydrogen-bond acceptors (Lipinski definition) is 5. The maximum absolute atomic E-state index is 12.6. The highest BCUT2D eigenvalue weighted by Gasteiger charge is 2.57. The van der Waals surface area contributed by atoms with Gasteiger partial charge in [0, 0.05) is 18.7 Å². The average molecular weight is 405 g/mol.